The Bertz CT molecular complexity index is 543. The fourth-order valence-electron chi connectivity index (χ4n) is 2.64. The second-order valence-corrected chi connectivity index (χ2v) is 4.80. The first-order valence-corrected chi connectivity index (χ1v) is 5.95. The van der Waals surface area contributed by atoms with E-state index in [4.69, 9.17) is 11.5 Å². The predicted molar refractivity (Wildman–Crippen MR) is 71.9 cm³/mol. The lowest BCUT2D eigenvalue weighted by Crippen LogP contribution is -1.98. The van der Waals surface area contributed by atoms with Crippen LogP contribution >= 0.6 is 0 Å². The molecule has 0 saturated heterocycles. The molecule has 0 fully saturated rings. The summed E-state index contributed by atoms with van der Waals surface area (Å²) in [5, 5.41) is 0. The Kier molecular flexibility index (Phi) is 2.29. The van der Waals surface area contributed by atoms with Gasteiger partial charge in [-0.2, -0.15) is 0 Å². The second-order valence-electron chi connectivity index (χ2n) is 4.80. The van der Waals surface area contributed by atoms with E-state index in [2.05, 4.69) is 24.3 Å². The Morgan fingerprint density at radius 2 is 1.41 bits per heavy atom. The Balaban J connectivity index is 1.88. The van der Waals surface area contributed by atoms with E-state index < -0.39 is 0 Å². The Labute approximate surface area is 101 Å². The lowest BCUT2D eigenvalue weighted by atomic mass is 9.96. The summed E-state index contributed by atoms with van der Waals surface area (Å²) in [7, 11) is 0. The van der Waals surface area contributed by atoms with E-state index in [0.717, 1.165) is 24.2 Å². The molecule has 0 radical (unpaired) electrons. The number of fused-ring (bicyclic) bond motifs is 1. The van der Waals surface area contributed by atoms with Gasteiger partial charge in [0.15, 0.2) is 0 Å². The SMILES string of the molecule is Nc1ccc(C2Cc3ccc(N)cc3C2)cc1. The predicted octanol–water partition coefficient (Wildman–Crippen LogP) is 2.73. The molecule has 1 atom stereocenters. The van der Waals surface area contributed by atoms with E-state index in [1.807, 2.05) is 18.2 Å². The average Bonchev–Trinajstić information content (AvgIpc) is 2.72. The van der Waals surface area contributed by atoms with Crippen molar-refractivity contribution in [3.05, 3.63) is 59.2 Å². The summed E-state index contributed by atoms with van der Waals surface area (Å²) in [5.74, 6) is 0.576. The highest BCUT2D eigenvalue weighted by Crippen LogP contribution is 2.34. The first-order valence-electron chi connectivity index (χ1n) is 5.95. The Hall–Kier alpha value is -1.96. The topological polar surface area (TPSA) is 52.0 Å². The molecule has 0 heterocycles. The van der Waals surface area contributed by atoms with E-state index in [1.54, 1.807) is 0 Å². The van der Waals surface area contributed by atoms with Gasteiger partial charge in [-0.05, 0) is 59.7 Å². The smallest absolute Gasteiger partial charge is 0.0316 e. The molecule has 2 heteroatoms. The minimum atomic E-state index is 0.576. The molecule has 1 unspecified atom stereocenters. The van der Waals surface area contributed by atoms with Crippen molar-refractivity contribution >= 4 is 11.4 Å². The van der Waals surface area contributed by atoms with E-state index >= 15 is 0 Å². The third-order valence-corrected chi connectivity index (χ3v) is 3.57. The van der Waals surface area contributed by atoms with E-state index in [1.165, 1.54) is 16.7 Å². The summed E-state index contributed by atoms with van der Waals surface area (Å²) in [6.07, 6.45) is 2.20. The minimum absolute atomic E-state index is 0.576. The zero-order chi connectivity index (χ0) is 11.8. The van der Waals surface area contributed by atoms with Gasteiger partial charge in [-0.3, -0.25) is 0 Å². The molecule has 0 spiro atoms. The van der Waals surface area contributed by atoms with Crippen molar-refractivity contribution in [2.24, 2.45) is 0 Å². The number of nitrogen functional groups attached to an aromatic ring is 2. The van der Waals surface area contributed by atoms with Crippen molar-refractivity contribution in [3.8, 4) is 0 Å². The molecule has 0 aromatic heterocycles. The molecule has 2 aromatic rings. The third-order valence-electron chi connectivity index (χ3n) is 3.57. The quantitative estimate of drug-likeness (QED) is 0.732. The van der Waals surface area contributed by atoms with Crippen LogP contribution < -0.4 is 11.5 Å². The number of hydrogen-bond acceptors (Lipinski definition) is 2. The van der Waals surface area contributed by atoms with Crippen LogP contribution in [0.5, 0.6) is 0 Å². The average molecular weight is 224 g/mol. The normalized spacial score (nSPS) is 18.0. The molecule has 0 aliphatic heterocycles. The molecule has 0 saturated carbocycles. The number of benzene rings is 2. The molecular weight excluding hydrogens is 208 g/mol. The molecule has 0 amide bonds. The van der Waals surface area contributed by atoms with Crippen molar-refractivity contribution < 1.29 is 0 Å². The van der Waals surface area contributed by atoms with E-state index in [-0.39, 0.29) is 0 Å². The molecule has 17 heavy (non-hydrogen) atoms. The highest BCUT2D eigenvalue weighted by atomic mass is 14.5. The maximum atomic E-state index is 5.82. The highest BCUT2D eigenvalue weighted by molar-refractivity contribution is 5.49. The lowest BCUT2D eigenvalue weighted by molar-refractivity contribution is 0.742. The van der Waals surface area contributed by atoms with Crippen molar-refractivity contribution in [2.75, 3.05) is 11.5 Å². The van der Waals surface area contributed by atoms with Crippen LogP contribution in [0.1, 0.15) is 22.6 Å². The monoisotopic (exact) mass is 224 g/mol. The zero-order valence-corrected chi connectivity index (χ0v) is 9.69. The number of hydrogen-bond donors (Lipinski definition) is 2. The van der Waals surface area contributed by atoms with Gasteiger partial charge < -0.3 is 11.5 Å². The van der Waals surface area contributed by atoms with Crippen molar-refractivity contribution in [1.82, 2.24) is 0 Å². The van der Waals surface area contributed by atoms with Crippen LogP contribution in [0.2, 0.25) is 0 Å². The number of rotatable bonds is 1. The van der Waals surface area contributed by atoms with Gasteiger partial charge in [0.25, 0.3) is 0 Å². The van der Waals surface area contributed by atoms with Crippen LogP contribution in [0.15, 0.2) is 42.5 Å². The summed E-state index contributed by atoms with van der Waals surface area (Å²) in [4.78, 5) is 0. The second kappa shape index (κ2) is 3.81. The van der Waals surface area contributed by atoms with Crippen LogP contribution in [0.25, 0.3) is 0 Å². The summed E-state index contributed by atoms with van der Waals surface area (Å²) < 4.78 is 0. The molecule has 2 nitrogen and oxygen atoms in total. The van der Waals surface area contributed by atoms with Gasteiger partial charge in [-0.25, -0.2) is 0 Å². The molecular formula is C15H16N2. The van der Waals surface area contributed by atoms with Crippen LogP contribution in [-0.4, -0.2) is 0 Å². The van der Waals surface area contributed by atoms with Gasteiger partial charge in [-0.15, -0.1) is 0 Å². The minimum Gasteiger partial charge on any atom is -0.399 e. The molecule has 1 aliphatic rings. The van der Waals surface area contributed by atoms with Crippen molar-refractivity contribution in [3.63, 3.8) is 0 Å². The van der Waals surface area contributed by atoms with Crippen molar-refractivity contribution in [2.45, 2.75) is 18.8 Å². The van der Waals surface area contributed by atoms with Gasteiger partial charge in [0.1, 0.15) is 0 Å². The molecule has 1 aliphatic carbocycles. The largest absolute Gasteiger partial charge is 0.399 e. The first-order chi connectivity index (χ1) is 8.22. The van der Waals surface area contributed by atoms with E-state index in [9.17, 15) is 0 Å². The summed E-state index contributed by atoms with van der Waals surface area (Å²) in [6.45, 7) is 0. The van der Waals surface area contributed by atoms with Crippen LogP contribution in [0.4, 0.5) is 11.4 Å². The maximum Gasteiger partial charge on any atom is 0.0316 e. The standard InChI is InChI=1S/C15H16N2/c16-14-4-1-10(2-5-14)12-7-11-3-6-15(17)9-13(11)8-12/h1-6,9,12H,7-8,16-17H2. The van der Waals surface area contributed by atoms with Gasteiger partial charge >= 0.3 is 0 Å². The van der Waals surface area contributed by atoms with E-state index in [0.29, 0.717) is 5.92 Å². The van der Waals surface area contributed by atoms with Crippen LogP contribution in [0.3, 0.4) is 0 Å². The van der Waals surface area contributed by atoms with Crippen molar-refractivity contribution in [1.29, 1.82) is 0 Å². The van der Waals surface area contributed by atoms with Gasteiger partial charge in [0.2, 0.25) is 0 Å². The fraction of sp³-hybridized carbons (Fsp3) is 0.200. The number of nitrogens with two attached hydrogens (primary N) is 2. The summed E-state index contributed by atoms with van der Waals surface area (Å²) in [6, 6.07) is 14.5. The number of anilines is 2. The molecule has 86 valence electrons. The first kappa shape index (κ1) is 10.2. The van der Waals surface area contributed by atoms with Crippen LogP contribution in [-0.2, 0) is 12.8 Å². The van der Waals surface area contributed by atoms with Crippen LogP contribution in [0, 0.1) is 0 Å². The summed E-state index contributed by atoms with van der Waals surface area (Å²) in [5.41, 5.74) is 17.4. The Morgan fingerprint density at radius 3 is 2.18 bits per heavy atom. The van der Waals surface area contributed by atoms with Gasteiger partial charge in [0.05, 0.1) is 0 Å². The fourth-order valence-corrected chi connectivity index (χ4v) is 2.64. The maximum absolute atomic E-state index is 5.82. The molecule has 4 N–H and O–H groups in total. The Morgan fingerprint density at radius 1 is 0.765 bits per heavy atom. The highest BCUT2D eigenvalue weighted by Gasteiger charge is 2.22. The molecule has 0 bridgehead atoms. The third kappa shape index (κ3) is 1.86. The summed E-state index contributed by atoms with van der Waals surface area (Å²) >= 11 is 0. The molecule has 3 rings (SSSR count). The van der Waals surface area contributed by atoms with Gasteiger partial charge in [-0.1, -0.05) is 18.2 Å². The van der Waals surface area contributed by atoms with Gasteiger partial charge in [0, 0.05) is 11.4 Å². The molecule has 2 aromatic carbocycles. The lowest BCUT2D eigenvalue weighted by Gasteiger charge is -2.09. The zero-order valence-electron chi connectivity index (χ0n) is 9.69.